The number of rotatable bonds is 4. The van der Waals surface area contributed by atoms with Gasteiger partial charge in [0, 0.05) is 31.4 Å². The molecule has 0 radical (unpaired) electrons. The van der Waals surface area contributed by atoms with E-state index in [0.717, 1.165) is 6.07 Å². The van der Waals surface area contributed by atoms with E-state index in [1.165, 1.54) is 34.3 Å². The molecule has 0 aliphatic carbocycles. The van der Waals surface area contributed by atoms with Gasteiger partial charge in [0.15, 0.2) is 0 Å². The Balaban J connectivity index is 1.44. The Hall–Kier alpha value is -3.14. The zero-order valence-electron chi connectivity index (χ0n) is 16.3. The van der Waals surface area contributed by atoms with Crippen molar-refractivity contribution in [2.45, 2.75) is 19.0 Å². The van der Waals surface area contributed by atoms with E-state index in [1.807, 2.05) is 5.38 Å². The number of carbonyl (C=O) groups excluding carboxylic acids is 2. The van der Waals surface area contributed by atoms with Crippen LogP contribution in [0.4, 0.5) is 18.9 Å². The van der Waals surface area contributed by atoms with Crippen LogP contribution in [0.3, 0.4) is 0 Å². The summed E-state index contributed by atoms with van der Waals surface area (Å²) in [5, 5.41) is 8.21. The monoisotopic (exact) mass is 448 g/mol. The molecule has 6 nitrogen and oxygen atoms in total. The number of hydrogen-bond acceptors (Lipinski definition) is 4. The number of alkyl halides is 3. The second-order valence-electron chi connectivity index (χ2n) is 7.21. The van der Waals surface area contributed by atoms with Crippen LogP contribution in [0.5, 0.6) is 0 Å². The Bertz CT molecular complexity index is 1060. The summed E-state index contributed by atoms with van der Waals surface area (Å²) in [6, 6.07) is 8.84. The van der Waals surface area contributed by atoms with Crippen molar-refractivity contribution < 1.29 is 22.8 Å². The molecule has 2 amide bonds. The molecule has 0 spiro atoms. The summed E-state index contributed by atoms with van der Waals surface area (Å²) in [4.78, 5) is 27.4. The first-order valence-corrected chi connectivity index (χ1v) is 10.6. The zero-order valence-corrected chi connectivity index (χ0v) is 17.1. The fourth-order valence-electron chi connectivity index (χ4n) is 3.58. The van der Waals surface area contributed by atoms with Gasteiger partial charge < -0.3 is 10.2 Å². The van der Waals surface area contributed by atoms with Crippen LogP contribution >= 0.6 is 11.3 Å². The predicted octanol–water partition coefficient (Wildman–Crippen LogP) is 4.44. The van der Waals surface area contributed by atoms with Gasteiger partial charge in [-0.15, -0.1) is 11.3 Å². The first kappa shape index (κ1) is 21.1. The fraction of sp³-hybridized carbons (Fsp3) is 0.286. The van der Waals surface area contributed by atoms with E-state index in [0.29, 0.717) is 30.8 Å². The molecule has 10 heteroatoms. The van der Waals surface area contributed by atoms with Crippen LogP contribution < -0.4 is 5.32 Å². The van der Waals surface area contributed by atoms with Crippen LogP contribution in [0, 0.1) is 5.92 Å². The van der Waals surface area contributed by atoms with Crippen LogP contribution in [0.1, 0.15) is 28.1 Å². The van der Waals surface area contributed by atoms with E-state index < -0.39 is 23.6 Å². The number of hydrogen-bond donors (Lipinski definition) is 1. The molecule has 1 aliphatic heterocycles. The van der Waals surface area contributed by atoms with E-state index in [1.54, 1.807) is 29.3 Å². The van der Waals surface area contributed by atoms with Gasteiger partial charge in [-0.1, -0.05) is 6.07 Å². The number of anilines is 1. The number of benzene rings is 1. The molecule has 1 N–H and O–H groups in total. The van der Waals surface area contributed by atoms with Gasteiger partial charge in [-0.25, -0.2) is 4.68 Å². The molecular formula is C21H19F3N4O2S. The van der Waals surface area contributed by atoms with Gasteiger partial charge in [0.05, 0.1) is 21.8 Å². The number of nitrogens with zero attached hydrogens (tertiary/aromatic N) is 3. The van der Waals surface area contributed by atoms with Crippen molar-refractivity contribution in [2.75, 3.05) is 18.4 Å². The van der Waals surface area contributed by atoms with Crippen LogP contribution in [0.15, 0.2) is 54.2 Å². The molecule has 2 aromatic heterocycles. The Labute approximate surface area is 180 Å². The van der Waals surface area contributed by atoms with Crippen molar-refractivity contribution in [3.8, 4) is 5.69 Å². The molecule has 4 rings (SSSR count). The van der Waals surface area contributed by atoms with Crippen LogP contribution in [0.25, 0.3) is 5.69 Å². The Kier molecular flexibility index (Phi) is 5.81. The normalized spacial score (nSPS) is 15.1. The molecule has 1 saturated heterocycles. The number of aromatic nitrogens is 2. The van der Waals surface area contributed by atoms with Gasteiger partial charge in [-0.3, -0.25) is 9.59 Å². The first-order valence-electron chi connectivity index (χ1n) is 9.68. The zero-order chi connectivity index (χ0) is 22.0. The van der Waals surface area contributed by atoms with Gasteiger partial charge >= 0.3 is 6.18 Å². The van der Waals surface area contributed by atoms with Crippen molar-refractivity contribution >= 4 is 28.8 Å². The smallest absolute Gasteiger partial charge is 0.338 e. The Morgan fingerprint density at radius 2 is 1.90 bits per heavy atom. The second kappa shape index (κ2) is 8.54. The molecule has 1 aliphatic rings. The van der Waals surface area contributed by atoms with Gasteiger partial charge in [0.2, 0.25) is 5.91 Å². The topological polar surface area (TPSA) is 67.2 Å². The summed E-state index contributed by atoms with van der Waals surface area (Å²) in [5.41, 5.74) is -0.972. The van der Waals surface area contributed by atoms with E-state index in [9.17, 15) is 22.8 Å². The number of likely N-dealkylation sites (tertiary alicyclic amines) is 1. The molecule has 162 valence electrons. The molecule has 3 heterocycles. The minimum Gasteiger partial charge on any atom is -0.338 e. The van der Waals surface area contributed by atoms with Crippen LogP contribution in [-0.4, -0.2) is 39.6 Å². The van der Waals surface area contributed by atoms with Crippen LogP contribution in [-0.2, 0) is 11.0 Å². The van der Waals surface area contributed by atoms with E-state index in [2.05, 4.69) is 10.4 Å². The molecule has 0 atom stereocenters. The minimum atomic E-state index is -4.64. The summed E-state index contributed by atoms with van der Waals surface area (Å²) in [6.07, 6.45) is -0.828. The largest absolute Gasteiger partial charge is 0.418 e. The summed E-state index contributed by atoms with van der Waals surface area (Å²) < 4.78 is 42.2. The molecule has 1 aromatic carbocycles. The highest BCUT2D eigenvalue weighted by molar-refractivity contribution is 7.12. The SMILES string of the molecule is O=C(Nc1ccc(-n2cccn2)cc1C(F)(F)F)C1CCN(C(=O)c2cccs2)CC1. The quantitative estimate of drug-likeness (QED) is 0.642. The lowest BCUT2D eigenvalue weighted by Gasteiger charge is -2.31. The third kappa shape index (κ3) is 4.63. The van der Waals surface area contributed by atoms with E-state index >= 15 is 0 Å². The third-order valence-corrected chi connectivity index (χ3v) is 6.08. The van der Waals surface area contributed by atoms with Crippen molar-refractivity contribution in [2.24, 2.45) is 5.92 Å². The standard InChI is InChI=1S/C21H19F3N4O2S/c22-21(23,24)16-13-15(28-9-2-8-25-28)4-5-17(16)26-19(29)14-6-10-27(11-7-14)20(30)18-3-1-12-31-18/h1-5,8-9,12-14H,6-7,10-11H2,(H,26,29). The predicted molar refractivity (Wildman–Crippen MR) is 110 cm³/mol. The highest BCUT2D eigenvalue weighted by Gasteiger charge is 2.35. The summed E-state index contributed by atoms with van der Waals surface area (Å²) in [7, 11) is 0. The lowest BCUT2D eigenvalue weighted by molar-refractivity contribution is -0.137. The van der Waals surface area contributed by atoms with Crippen molar-refractivity contribution in [3.63, 3.8) is 0 Å². The molecule has 0 unspecified atom stereocenters. The Morgan fingerprint density at radius 1 is 1.13 bits per heavy atom. The fourth-order valence-corrected chi connectivity index (χ4v) is 4.27. The van der Waals surface area contributed by atoms with E-state index in [4.69, 9.17) is 0 Å². The highest BCUT2D eigenvalue weighted by atomic mass is 32.1. The maximum absolute atomic E-state index is 13.6. The average molecular weight is 448 g/mol. The second-order valence-corrected chi connectivity index (χ2v) is 8.16. The first-order chi connectivity index (χ1) is 14.8. The number of carbonyl (C=O) groups is 2. The number of nitrogens with one attached hydrogen (secondary N) is 1. The molecule has 0 saturated carbocycles. The molecule has 3 aromatic rings. The molecular weight excluding hydrogens is 429 g/mol. The van der Waals surface area contributed by atoms with Gasteiger partial charge in [0.1, 0.15) is 0 Å². The average Bonchev–Trinajstić information content (AvgIpc) is 3.47. The number of piperidine rings is 1. The van der Waals surface area contributed by atoms with Gasteiger partial charge in [0.25, 0.3) is 5.91 Å². The van der Waals surface area contributed by atoms with Crippen molar-refractivity contribution in [1.29, 1.82) is 0 Å². The number of amides is 2. The van der Waals surface area contributed by atoms with Crippen LogP contribution in [0.2, 0.25) is 0 Å². The number of thiophene rings is 1. The molecule has 1 fully saturated rings. The molecule has 31 heavy (non-hydrogen) atoms. The highest BCUT2D eigenvalue weighted by Crippen LogP contribution is 2.36. The van der Waals surface area contributed by atoms with Crippen molar-refractivity contribution in [3.05, 3.63) is 64.6 Å². The maximum atomic E-state index is 13.6. The maximum Gasteiger partial charge on any atom is 0.418 e. The summed E-state index contributed by atoms with van der Waals surface area (Å²) in [5.74, 6) is -1.01. The molecule has 0 bridgehead atoms. The van der Waals surface area contributed by atoms with Gasteiger partial charge in [-0.05, 0) is 48.6 Å². The lowest BCUT2D eigenvalue weighted by atomic mass is 9.95. The lowest BCUT2D eigenvalue weighted by Crippen LogP contribution is -2.41. The Morgan fingerprint density at radius 3 is 2.52 bits per heavy atom. The van der Waals surface area contributed by atoms with Gasteiger partial charge in [-0.2, -0.15) is 18.3 Å². The minimum absolute atomic E-state index is 0.0811. The third-order valence-electron chi connectivity index (χ3n) is 5.22. The van der Waals surface area contributed by atoms with Crippen molar-refractivity contribution in [1.82, 2.24) is 14.7 Å². The summed E-state index contributed by atoms with van der Waals surface area (Å²) in [6.45, 7) is 0.776. The van der Waals surface area contributed by atoms with E-state index in [-0.39, 0.29) is 17.3 Å². The number of halogens is 3. The summed E-state index contributed by atoms with van der Waals surface area (Å²) >= 11 is 1.35.